The highest BCUT2D eigenvalue weighted by atomic mass is 19.4. The highest BCUT2D eigenvalue weighted by molar-refractivity contribution is 5.76. The van der Waals surface area contributed by atoms with E-state index in [9.17, 15) is 18.3 Å². The number of allylic oxidation sites excluding steroid dienone is 4. The molecule has 4 aromatic rings. The van der Waals surface area contributed by atoms with E-state index in [4.69, 9.17) is 4.74 Å². The third-order valence-corrected chi connectivity index (χ3v) is 5.20. The number of hydrogen-bond donors (Lipinski definition) is 2. The number of aliphatic hydroxyl groups excluding tert-OH is 1. The van der Waals surface area contributed by atoms with Crippen molar-refractivity contribution in [1.82, 2.24) is 39.1 Å². The highest BCUT2D eigenvalue weighted by Gasteiger charge is 2.38. The van der Waals surface area contributed by atoms with Crippen molar-refractivity contribution in [2.24, 2.45) is 0 Å². The van der Waals surface area contributed by atoms with Gasteiger partial charge in [0.15, 0.2) is 5.82 Å². The summed E-state index contributed by atoms with van der Waals surface area (Å²) in [7, 11) is 1.49. The van der Waals surface area contributed by atoms with Gasteiger partial charge in [0, 0.05) is 6.20 Å². The van der Waals surface area contributed by atoms with Crippen LogP contribution in [0.2, 0.25) is 0 Å². The molecule has 0 aliphatic carbocycles. The largest absolute Gasteiger partial charge is 0.497 e. The zero-order valence-corrected chi connectivity index (χ0v) is 19.7. The van der Waals surface area contributed by atoms with Crippen LogP contribution in [0.4, 0.5) is 13.2 Å². The van der Waals surface area contributed by atoms with Gasteiger partial charge in [-0.15, -0.1) is 5.10 Å². The molecule has 4 rings (SSSR count). The van der Waals surface area contributed by atoms with Gasteiger partial charge in [-0.25, -0.2) is 24.6 Å². The van der Waals surface area contributed by atoms with Crippen LogP contribution >= 0.6 is 0 Å². The molecule has 0 radical (unpaired) electrons. The number of nitrogens with one attached hydrogen (secondary N) is 1. The monoisotopic (exact) mass is 500 g/mol. The van der Waals surface area contributed by atoms with Crippen molar-refractivity contribution in [2.75, 3.05) is 7.11 Å². The summed E-state index contributed by atoms with van der Waals surface area (Å²) in [4.78, 5) is 19.6. The second kappa shape index (κ2) is 9.77. The Kier molecular flexibility index (Phi) is 6.75. The first-order chi connectivity index (χ1) is 17.1. The summed E-state index contributed by atoms with van der Waals surface area (Å²) in [5, 5.41) is 13.7. The number of nitrogens with zero attached hydrogens (tertiary/aromatic N) is 7. The minimum atomic E-state index is -4.77. The minimum absolute atomic E-state index is 0.00824. The van der Waals surface area contributed by atoms with E-state index in [2.05, 4.69) is 36.6 Å². The van der Waals surface area contributed by atoms with Crippen molar-refractivity contribution in [2.45, 2.75) is 32.7 Å². The van der Waals surface area contributed by atoms with Gasteiger partial charge in [-0.3, -0.25) is 4.40 Å². The molecule has 4 heterocycles. The van der Waals surface area contributed by atoms with Gasteiger partial charge in [0.2, 0.25) is 5.78 Å². The Bertz CT molecular complexity index is 1450. The fourth-order valence-corrected chi connectivity index (χ4v) is 3.46. The van der Waals surface area contributed by atoms with E-state index in [1.165, 1.54) is 25.7 Å². The Balaban J connectivity index is 1.92. The summed E-state index contributed by atoms with van der Waals surface area (Å²) in [5.74, 6) is -0.744. The third kappa shape index (κ3) is 4.91. The smallest absolute Gasteiger partial charge is 0.453 e. The van der Waals surface area contributed by atoms with Crippen LogP contribution in [0.25, 0.3) is 28.7 Å². The molecule has 10 nitrogen and oxygen atoms in total. The number of alkyl halides is 3. The minimum Gasteiger partial charge on any atom is -0.497 e. The molecular weight excluding hydrogens is 477 g/mol. The molecular formula is C23H23F3N8O2. The number of methoxy groups -OCH3 is 1. The normalized spacial score (nSPS) is 13.9. The molecule has 0 fully saturated rings. The summed E-state index contributed by atoms with van der Waals surface area (Å²) in [5.41, 5.74) is 2.02. The van der Waals surface area contributed by atoms with Crippen LogP contribution in [-0.4, -0.2) is 51.3 Å². The van der Waals surface area contributed by atoms with Crippen molar-refractivity contribution in [3.63, 3.8) is 0 Å². The Labute approximate surface area is 203 Å². The Morgan fingerprint density at radius 1 is 1.28 bits per heavy atom. The molecule has 4 aromatic heterocycles. The molecule has 0 bridgehead atoms. The number of halogens is 3. The molecule has 1 atom stereocenters. The quantitative estimate of drug-likeness (QED) is 0.276. The molecule has 0 aromatic carbocycles. The fourth-order valence-electron chi connectivity index (χ4n) is 3.46. The van der Waals surface area contributed by atoms with Gasteiger partial charge < -0.3 is 14.8 Å². The van der Waals surface area contributed by atoms with Gasteiger partial charge in [-0.05, 0) is 32.1 Å². The van der Waals surface area contributed by atoms with E-state index in [-0.39, 0.29) is 23.8 Å². The van der Waals surface area contributed by atoms with Gasteiger partial charge in [0.1, 0.15) is 17.1 Å². The van der Waals surface area contributed by atoms with Crippen LogP contribution in [-0.2, 0) is 17.5 Å². The highest BCUT2D eigenvalue weighted by Crippen LogP contribution is 2.34. The van der Waals surface area contributed by atoms with Gasteiger partial charge in [0.25, 0.3) is 5.82 Å². The van der Waals surface area contributed by atoms with Crippen LogP contribution in [0.5, 0.6) is 0 Å². The van der Waals surface area contributed by atoms with E-state index in [1.54, 1.807) is 42.7 Å². The van der Waals surface area contributed by atoms with Gasteiger partial charge >= 0.3 is 6.18 Å². The summed E-state index contributed by atoms with van der Waals surface area (Å²) in [6, 6.07) is 1.60. The maximum Gasteiger partial charge on any atom is 0.453 e. The molecule has 36 heavy (non-hydrogen) atoms. The fraction of sp³-hybridized carbons (Fsp3) is 0.261. The summed E-state index contributed by atoms with van der Waals surface area (Å²) >= 11 is 0. The van der Waals surface area contributed by atoms with Crippen molar-refractivity contribution in [3.8, 4) is 22.9 Å². The number of H-pyrrole nitrogens is 1. The number of imidazole rings is 2. The third-order valence-electron chi connectivity index (χ3n) is 5.20. The van der Waals surface area contributed by atoms with Crippen LogP contribution < -0.4 is 0 Å². The first-order valence-corrected chi connectivity index (χ1v) is 10.7. The second-order valence-electron chi connectivity index (χ2n) is 7.88. The van der Waals surface area contributed by atoms with Crippen LogP contribution in [0, 0.1) is 0 Å². The predicted octanol–water partition coefficient (Wildman–Crippen LogP) is 4.11. The van der Waals surface area contributed by atoms with Crippen molar-refractivity contribution >= 4 is 5.78 Å². The second-order valence-corrected chi connectivity index (χ2v) is 7.88. The van der Waals surface area contributed by atoms with E-state index in [1.807, 2.05) is 0 Å². The summed E-state index contributed by atoms with van der Waals surface area (Å²) in [6.07, 6.45) is 3.79. The average Bonchev–Trinajstić information content (AvgIpc) is 3.56. The number of fused-ring (bicyclic) bond motifs is 1. The lowest BCUT2D eigenvalue weighted by atomic mass is 10.2. The van der Waals surface area contributed by atoms with Crippen molar-refractivity contribution in [1.29, 1.82) is 0 Å². The number of hydrogen-bond acceptors (Lipinski definition) is 7. The standard InChI is InChI=1S/C23H23F3N8O2/c1-5-15(36-4)7-6-13(2)11-34-20(31-21(32-34)23(24,25)26)18-19(17-10-27-12-28-17)33-9-8-16(14(3)35)29-22(33)30-18/h5-10,12,14,35H,1,11H2,2-4H3,(H,27,28)/b13-6+,15-7+. The summed E-state index contributed by atoms with van der Waals surface area (Å²) < 4.78 is 48.7. The molecule has 13 heteroatoms. The topological polar surface area (TPSA) is 119 Å². The molecule has 1 unspecified atom stereocenters. The van der Waals surface area contributed by atoms with E-state index in [0.717, 1.165) is 4.68 Å². The zero-order chi connectivity index (χ0) is 26.0. The van der Waals surface area contributed by atoms with Crippen molar-refractivity contribution < 1.29 is 23.0 Å². The lowest BCUT2D eigenvalue weighted by molar-refractivity contribution is -0.144. The Hall–Kier alpha value is -4.26. The lowest BCUT2D eigenvalue weighted by Gasteiger charge is -2.07. The van der Waals surface area contributed by atoms with Gasteiger partial charge in [-0.1, -0.05) is 18.2 Å². The van der Waals surface area contributed by atoms with E-state index >= 15 is 0 Å². The first-order valence-electron chi connectivity index (χ1n) is 10.7. The molecule has 2 N–H and O–H groups in total. The van der Waals surface area contributed by atoms with Crippen LogP contribution in [0.3, 0.4) is 0 Å². The lowest BCUT2D eigenvalue weighted by Crippen LogP contribution is -2.09. The van der Waals surface area contributed by atoms with Gasteiger partial charge in [0.05, 0.1) is 43.7 Å². The molecule has 0 aliphatic heterocycles. The average molecular weight is 500 g/mol. The Morgan fingerprint density at radius 3 is 2.67 bits per heavy atom. The SMILES string of the molecule is C=C/C(=C\C=C(/C)Cn1nc(C(F)(F)F)nc1-c1nc2nc(C(C)O)ccn2c1-c1cnc[nH]1)OC. The maximum atomic E-state index is 13.6. The Morgan fingerprint density at radius 2 is 2.06 bits per heavy atom. The molecule has 0 saturated carbocycles. The van der Waals surface area contributed by atoms with Crippen LogP contribution in [0.1, 0.15) is 31.5 Å². The number of ether oxygens (including phenoxy) is 1. The number of aliphatic hydroxyl groups is 1. The molecule has 0 aliphatic rings. The number of aromatic amines is 1. The predicted molar refractivity (Wildman–Crippen MR) is 124 cm³/mol. The van der Waals surface area contributed by atoms with Crippen molar-refractivity contribution in [3.05, 3.63) is 72.4 Å². The first kappa shape index (κ1) is 24.9. The zero-order valence-electron chi connectivity index (χ0n) is 19.7. The molecule has 0 spiro atoms. The number of aromatic nitrogens is 8. The molecule has 188 valence electrons. The number of rotatable bonds is 8. The van der Waals surface area contributed by atoms with E-state index < -0.39 is 18.1 Å². The molecule has 0 amide bonds. The van der Waals surface area contributed by atoms with Crippen LogP contribution in [0.15, 0.2) is 60.9 Å². The van der Waals surface area contributed by atoms with Gasteiger partial charge in [-0.2, -0.15) is 13.2 Å². The summed E-state index contributed by atoms with van der Waals surface area (Å²) in [6.45, 7) is 6.92. The maximum absolute atomic E-state index is 13.6. The van der Waals surface area contributed by atoms with E-state index in [0.29, 0.717) is 28.4 Å². The molecule has 0 saturated heterocycles.